The van der Waals surface area contributed by atoms with Gasteiger partial charge in [0.05, 0.1) is 16.2 Å². The van der Waals surface area contributed by atoms with Gasteiger partial charge in [-0.3, -0.25) is 4.79 Å². The molecule has 1 aliphatic carbocycles. The first kappa shape index (κ1) is 21.7. The average Bonchev–Trinajstić information content (AvgIpc) is 2.99. The van der Waals surface area contributed by atoms with Crippen molar-refractivity contribution >= 4 is 15.7 Å². The first-order chi connectivity index (χ1) is 14.3. The Morgan fingerprint density at radius 3 is 2.65 bits per heavy atom. The molecule has 0 N–H and O–H groups in total. The number of aromatic nitrogens is 1. The molecule has 1 aromatic heterocycles. The van der Waals surface area contributed by atoms with Crippen LogP contribution in [-0.4, -0.2) is 56.0 Å². The number of hydrogen-bond acceptors (Lipinski definition) is 6. The molecule has 168 valence electrons. The van der Waals surface area contributed by atoms with Crippen LogP contribution in [0.15, 0.2) is 33.7 Å². The smallest absolute Gasteiger partial charge is 0.425 e. The van der Waals surface area contributed by atoms with Gasteiger partial charge in [-0.25, -0.2) is 8.42 Å². The van der Waals surface area contributed by atoms with Crippen molar-refractivity contribution < 1.29 is 35.6 Å². The van der Waals surface area contributed by atoms with Gasteiger partial charge in [0.1, 0.15) is 11.5 Å². The van der Waals surface area contributed by atoms with Crippen LogP contribution in [0.4, 0.5) is 13.2 Å². The van der Waals surface area contributed by atoms with Crippen molar-refractivity contribution in [1.82, 2.24) is 10.1 Å². The predicted molar refractivity (Wildman–Crippen MR) is 103 cm³/mol. The van der Waals surface area contributed by atoms with Crippen LogP contribution in [0.2, 0.25) is 0 Å². The summed E-state index contributed by atoms with van der Waals surface area (Å²) in [6.45, 7) is 3.30. The molecule has 4 rings (SSSR count). The normalized spacial score (nSPS) is 24.1. The lowest BCUT2D eigenvalue weighted by atomic mass is 10.0. The minimum atomic E-state index is -4.64. The number of aryl methyl sites for hydroxylation is 1. The van der Waals surface area contributed by atoms with Crippen LogP contribution in [0.1, 0.15) is 35.2 Å². The van der Waals surface area contributed by atoms with E-state index in [4.69, 9.17) is 9.26 Å². The van der Waals surface area contributed by atoms with Gasteiger partial charge in [-0.2, -0.15) is 13.2 Å². The number of ether oxygens (including phenoxy) is 1. The molecule has 0 bridgehead atoms. The van der Waals surface area contributed by atoms with Crippen LogP contribution in [0, 0.1) is 12.8 Å². The number of amides is 1. The van der Waals surface area contributed by atoms with E-state index < -0.39 is 28.0 Å². The average molecular weight is 458 g/mol. The van der Waals surface area contributed by atoms with Gasteiger partial charge >= 0.3 is 6.18 Å². The Labute approximate surface area is 177 Å². The molecule has 2 heterocycles. The summed E-state index contributed by atoms with van der Waals surface area (Å²) in [6.07, 6.45) is -5.01. The fraction of sp³-hybridized carbons (Fsp3) is 0.500. The third kappa shape index (κ3) is 3.90. The molecule has 0 radical (unpaired) electrons. The molecule has 1 aromatic carbocycles. The van der Waals surface area contributed by atoms with Gasteiger partial charge in [-0.15, -0.1) is 0 Å². The summed E-state index contributed by atoms with van der Waals surface area (Å²) in [6, 6.07) is 5.12. The second kappa shape index (κ2) is 6.98. The minimum absolute atomic E-state index is 0.164. The lowest BCUT2D eigenvalue weighted by molar-refractivity contribution is -0.189. The molecule has 2 fully saturated rings. The number of carbonyl (C=O) groups excluding carboxylic acids is 1. The molecule has 3 atom stereocenters. The SMILES string of the molecule is Cc1cc(C23CC2CN(C(=O)c2cc(S(C)(=O)=O)ccc2OC(C)C(F)(F)F)C3)no1. The molecule has 2 aliphatic rings. The second-order valence-electron chi connectivity index (χ2n) is 8.30. The lowest BCUT2D eigenvalue weighted by Gasteiger charge is -2.24. The molecule has 1 aliphatic heterocycles. The molecular formula is C20H21F3N2O5S. The fourth-order valence-electron chi connectivity index (χ4n) is 4.07. The van der Waals surface area contributed by atoms with E-state index in [1.165, 1.54) is 4.90 Å². The van der Waals surface area contributed by atoms with Gasteiger partial charge in [0.25, 0.3) is 5.91 Å². The lowest BCUT2D eigenvalue weighted by Crippen LogP contribution is -2.35. The Balaban J connectivity index is 1.65. The van der Waals surface area contributed by atoms with Crippen molar-refractivity contribution in [2.75, 3.05) is 19.3 Å². The Kier molecular flexibility index (Phi) is 4.87. The van der Waals surface area contributed by atoms with Crippen LogP contribution in [0.25, 0.3) is 0 Å². The number of halogens is 3. The summed E-state index contributed by atoms with van der Waals surface area (Å²) in [5.74, 6) is -0.0780. The Morgan fingerprint density at radius 2 is 2.06 bits per heavy atom. The zero-order chi connectivity index (χ0) is 22.8. The highest BCUT2D eigenvalue weighted by Crippen LogP contribution is 2.59. The molecule has 1 amide bonds. The summed E-state index contributed by atoms with van der Waals surface area (Å²) in [4.78, 5) is 14.6. The molecule has 3 unspecified atom stereocenters. The largest absolute Gasteiger partial charge is 0.480 e. The maximum absolute atomic E-state index is 13.2. The summed E-state index contributed by atoms with van der Waals surface area (Å²) in [5, 5.41) is 4.07. The van der Waals surface area contributed by atoms with E-state index in [1.807, 2.05) is 6.07 Å². The predicted octanol–water partition coefficient (Wildman–Crippen LogP) is 3.13. The maximum Gasteiger partial charge on any atom is 0.425 e. The number of carbonyl (C=O) groups is 1. The van der Waals surface area contributed by atoms with Crippen LogP contribution in [0.5, 0.6) is 5.75 Å². The number of nitrogens with zero attached hydrogens (tertiary/aromatic N) is 2. The maximum atomic E-state index is 13.2. The summed E-state index contributed by atoms with van der Waals surface area (Å²) < 4.78 is 73.1. The van der Waals surface area contributed by atoms with E-state index in [0.29, 0.717) is 18.8 Å². The van der Waals surface area contributed by atoms with Gasteiger partial charge in [0, 0.05) is 30.8 Å². The molecule has 7 nitrogen and oxygen atoms in total. The zero-order valence-corrected chi connectivity index (χ0v) is 17.9. The molecule has 1 saturated carbocycles. The highest BCUT2D eigenvalue weighted by molar-refractivity contribution is 7.90. The van der Waals surface area contributed by atoms with Crippen LogP contribution >= 0.6 is 0 Å². The first-order valence-electron chi connectivity index (χ1n) is 9.62. The third-order valence-electron chi connectivity index (χ3n) is 5.95. The summed E-state index contributed by atoms with van der Waals surface area (Å²) in [5.41, 5.74) is 0.200. The molecule has 11 heteroatoms. The Bertz CT molecular complexity index is 1140. The molecule has 31 heavy (non-hydrogen) atoms. The standard InChI is InChI=1S/C20H21F3N2O5S/c1-11-6-17(24-30-11)19-8-13(19)9-25(10-19)18(26)15-7-14(31(3,27)28)4-5-16(15)29-12(2)20(21,22)23/h4-7,12-13H,8-10H2,1-3H3. The number of sulfone groups is 1. The van der Waals surface area contributed by atoms with Gasteiger partial charge in [-0.05, 0) is 44.4 Å². The quantitative estimate of drug-likeness (QED) is 0.684. The number of fused-ring (bicyclic) bond motifs is 1. The van der Waals surface area contributed by atoms with E-state index in [1.54, 1.807) is 6.92 Å². The molecule has 0 spiro atoms. The van der Waals surface area contributed by atoms with Crippen molar-refractivity contribution in [2.45, 2.75) is 42.9 Å². The number of piperidine rings is 1. The van der Waals surface area contributed by atoms with Crippen LogP contribution in [-0.2, 0) is 15.3 Å². The minimum Gasteiger partial charge on any atom is -0.480 e. The molecule has 2 aromatic rings. The second-order valence-corrected chi connectivity index (χ2v) is 10.3. The van der Waals surface area contributed by atoms with Gasteiger partial charge in [-0.1, -0.05) is 5.16 Å². The van der Waals surface area contributed by atoms with E-state index in [-0.39, 0.29) is 27.5 Å². The van der Waals surface area contributed by atoms with E-state index in [2.05, 4.69) is 5.16 Å². The number of hydrogen-bond donors (Lipinski definition) is 0. The summed E-state index contributed by atoms with van der Waals surface area (Å²) >= 11 is 0. The third-order valence-corrected chi connectivity index (χ3v) is 7.06. The number of benzene rings is 1. The topological polar surface area (TPSA) is 89.7 Å². The van der Waals surface area contributed by atoms with Gasteiger partial charge < -0.3 is 14.2 Å². The molecule has 1 saturated heterocycles. The zero-order valence-electron chi connectivity index (χ0n) is 17.1. The molecular weight excluding hydrogens is 437 g/mol. The van der Waals surface area contributed by atoms with Crippen LogP contribution < -0.4 is 4.74 Å². The van der Waals surface area contributed by atoms with Crippen molar-refractivity contribution in [1.29, 1.82) is 0 Å². The highest BCUT2D eigenvalue weighted by Gasteiger charge is 2.63. The fourth-order valence-corrected chi connectivity index (χ4v) is 4.72. The first-order valence-corrected chi connectivity index (χ1v) is 11.5. The van der Waals surface area contributed by atoms with Crippen molar-refractivity contribution in [3.8, 4) is 5.75 Å². The van der Waals surface area contributed by atoms with Crippen LogP contribution in [0.3, 0.4) is 0 Å². The van der Waals surface area contributed by atoms with Crippen molar-refractivity contribution in [2.24, 2.45) is 5.92 Å². The highest BCUT2D eigenvalue weighted by atomic mass is 32.2. The monoisotopic (exact) mass is 458 g/mol. The Morgan fingerprint density at radius 1 is 1.35 bits per heavy atom. The van der Waals surface area contributed by atoms with Crippen molar-refractivity contribution in [3.05, 3.63) is 41.3 Å². The number of rotatable bonds is 5. The van der Waals surface area contributed by atoms with E-state index >= 15 is 0 Å². The van der Waals surface area contributed by atoms with E-state index in [9.17, 15) is 26.4 Å². The Hall–Kier alpha value is -2.56. The van der Waals surface area contributed by atoms with E-state index in [0.717, 1.165) is 43.5 Å². The summed E-state index contributed by atoms with van der Waals surface area (Å²) in [7, 11) is -3.68. The number of likely N-dealkylation sites (tertiary alicyclic amines) is 1. The van der Waals surface area contributed by atoms with Gasteiger partial charge in [0.2, 0.25) is 0 Å². The van der Waals surface area contributed by atoms with Crippen molar-refractivity contribution in [3.63, 3.8) is 0 Å². The van der Waals surface area contributed by atoms with Gasteiger partial charge in [0.15, 0.2) is 15.9 Å². The number of alkyl halides is 3.